The van der Waals surface area contributed by atoms with E-state index in [2.05, 4.69) is 5.16 Å². The summed E-state index contributed by atoms with van der Waals surface area (Å²) in [5.74, 6) is -0.525. The number of rotatable bonds is 3. The van der Waals surface area contributed by atoms with Gasteiger partial charge in [0.2, 0.25) is 5.91 Å². The molecular weight excluding hydrogens is 260 g/mol. The summed E-state index contributed by atoms with van der Waals surface area (Å²) in [5.41, 5.74) is 1.56. The molecule has 1 aromatic rings. The Balaban J connectivity index is 1.77. The third kappa shape index (κ3) is 1.90. The highest BCUT2D eigenvalue weighted by Gasteiger charge is 2.51. The molecule has 2 saturated heterocycles. The number of hydrogen-bond donors (Lipinski definition) is 1. The molecule has 0 aromatic carbocycles. The smallest absolute Gasteiger partial charge is 0.308 e. The largest absolute Gasteiger partial charge is 0.481 e. The van der Waals surface area contributed by atoms with E-state index in [-0.39, 0.29) is 24.4 Å². The molecule has 1 amide bonds. The second kappa shape index (κ2) is 4.61. The minimum Gasteiger partial charge on any atom is -0.481 e. The topological polar surface area (TPSA) is 83.6 Å². The van der Waals surface area contributed by atoms with Gasteiger partial charge in [0.1, 0.15) is 5.76 Å². The molecule has 6 heteroatoms. The lowest BCUT2D eigenvalue weighted by Crippen LogP contribution is -2.38. The number of nitrogens with zero attached hydrogens (tertiary/aromatic N) is 2. The van der Waals surface area contributed by atoms with Gasteiger partial charge < -0.3 is 14.5 Å². The summed E-state index contributed by atoms with van der Waals surface area (Å²) in [6.45, 7) is 3.61. The molecule has 2 aliphatic heterocycles. The number of fused-ring (bicyclic) bond motifs is 2. The van der Waals surface area contributed by atoms with Crippen LogP contribution < -0.4 is 0 Å². The van der Waals surface area contributed by atoms with Crippen molar-refractivity contribution in [1.82, 2.24) is 10.1 Å². The molecule has 2 aliphatic rings. The lowest BCUT2D eigenvalue weighted by atomic mass is 9.89. The molecule has 3 rings (SSSR count). The Morgan fingerprint density at radius 2 is 2.15 bits per heavy atom. The number of aryl methyl sites for hydroxylation is 2. The van der Waals surface area contributed by atoms with Gasteiger partial charge in [-0.25, -0.2) is 0 Å². The van der Waals surface area contributed by atoms with Crippen LogP contribution in [0.2, 0.25) is 0 Å². The zero-order valence-electron chi connectivity index (χ0n) is 11.6. The molecule has 6 nitrogen and oxygen atoms in total. The predicted molar refractivity (Wildman–Crippen MR) is 69.1 cm³/mol. The first-order chi connectivity index (χ1) is 9.49. The fourth-order valence-corrected chi connectivity index (χ4v) is 3.64. The molecule has 0 saturated carbocycles. The van der Waals surface area contributed by atoms with Crippen LogP contribution in [0.25, 0.3) is 0 Å². The second-order valence-electron chi connectivity index (χ2n) is 5.76. The summed E-state index contributed by atoms with van der Waals surface area (Å²) in [6, 6.07) is -0.0421. The molecule has 2 bridgehead atoms. The first-order valence-electron chi connectivity index (χ1n) is 6.94. The zero-order chi connectivity index (χ0) is 14.4. The van der Waals surface area contributed by atoms with Crippen LogP contribution in [-0.2, 0) is 16.0 Å². The first kappa shape index (κ1) is 13.1. The van der Waals surface area contributed by atoms with Crippen LogP contribution in [0.3, 0.4) is 0 Å². The summed E-state index contributed by atoms with van der Waals surface area (Å²) in [6.07, 6.45) is 2.56. The van der Waals surface area contributed by atoms with Crippen LogP contribution in [-0.4, -0.2) is 39.1 Å². The van der Waals surface area contributed by atoms with Crippen molar-refractivity contribution < 1.29 is 19.2 Å². The van der Waals surface area contributed by atoms with Gasteiger partial charge in [-0.3, -0.25) is 9.59 Å². The van der Waals surface area contributed by atoms with Gasteiger partial charge in [-0.15, -0.1) is 0 Å². The molecule has 1 N–H and O–H groups in total. The minimum absolute atomic E-state index is 0.00403. The number of carboxylic acid groups (broad SMARTS) is 1. The summed E-state index contributed by atoms with van der Waals surface area (Å²) < 4.78 is 5.07. The Morgan fingerprint density at radius 3 is 2.70 bits per heavy atom. The number of carbonyl (C=O) groups excluding carboxylic acids is 1. The van der Waals surface area contributed by atoms with E-state index in [1.54, 1.807) is 11.8 Å². The van der Waals surface area contributed by atoms with Crippen LogP contribution >= 0.6 is 0 Å². The molecule has 20 heavy (non-hydrogen) atoms. The number of carboxylic acids is 1. The lowest BCUT2D eigenvalue weighted by molar-refractivity contribution is -0.143. The molecule has 1 aromatic heterocycles. The Bertz CT molecular complexity index is 546. The maximum absolute atomic E-state index is 12.5. The fraction of sp³-hybridized carbons (Fsp3) is 0.643. The van der Waals surface area contributed by atoms with Crippen LogP contribution in [0.15, 0.2) is 4.52 Å². The highest BCUT2D eigenvalue weighted by atomic mass is 16.5. The zero-order valence-corrected chi connectivity index (χ0v) is 11.6. The monoisotopic (exact) mass is 278 g/mol. The van der Waals surface area contributed by atoms with Gasteiger partial charge in [0.25, 0.3) is 0 Å². The SMILES string of the molecule is Cc1noc(C)c1CC(=O)N1C2CCC1C(C(=O)O)C2. The van der Waals surface area contributed by atoms with E-state index in [0.717, 1.165) is 24.1 Å². The van der Waals surface area contributed by atoms with Gasteiger partial charge in [-0.1, -0.05) is 5.16 Å². The van der Waals surface area contributed by atoms with Crippen molar-refractivity contribution in [2.45, 2.75) is 51.6 Å². The van der Waals surface area contributed by atoms with Crippen molar-refractivity contribution in [3.8, 4) is 0 Å². The molecule has 0 aliphatic carbocycles. The molecular formula is C14H18N2O4. The molecule has 3 unspecified atom stereocenters. The summed E-state index contributed by atoms with van der Waals surface area (Å²) >= 11 is 0. The van der Waals surface area contributed by atoms with Crippen LogP contribution in [0.1, 0.15) is 36.3 Å². The summed E-state index contributed by atoms with van der Waals surface area (Å²) in [4.78, 5) is 25.5. The van der Waals surface area contributed by atoms with Gasteiger partial charge in [0, 0.05) is 17.6 Å². The number of amides is 1. The van der Waals surface area contributed by atoms with Gasteiger partial charge >= 0.3 is 5.97 Å². The third-order valence-electron chi connectivity index (χ3n) is 4.65. The highest BCUT2D eigenvalue weighted by molar-refractivity contribution is 5.82. The molecule has 2 fully saturated rings. The van der Waals surface area contributed by atoms with Crippen molar-refractivity contribution in [3.63, 3.8) is 0 Å². The van der Waals surface area contributed by atoms with Crippen molar-refractivity contribution in [2.75, 3.05) is 0 Å². The maximum atomic E-state index is 12.5. The van der Waals surface area contributed by atoms with Gasteiger partial charge in [0.05, 0.1) is 18.0 Å². The Hall–Kier alpha value is -1.85. The van der Waals surface area contributed by atoms with Crippen LogP contribution in [0.5, 0.6) is 0 Å². The molecule has 0 radical (unpaired) electrons. The standard InChI is InChI=1S/C14H18N2O4/c1-7-10(8(2)20-15-7)6-13(17)16-9-3-4-12(16)11(5-9)14(18)19/h9,11-12H,3-6H2,1-2H3,(H,18,19). The average Bonchev–Trinajstić information content (AvgIpc) is 3.06. The van der Waals surface area contributed by atoms with Crippen LogP contribution in [0.4, 0.5) is 0 Å². The second-order valence-corrected chi connectivity index (χ2v) is 5.76. The highest BCUT2D eigenvalue weighted by Crippen LogP contribution is 2.42. The predicted octanol–water partition coefficient (Wildman–Crippen LogP) is 1.30. The van der Waals surface area contributed by atoms with E-state index in [1.165, 1.54) is 0 Å². The van der Waals surface area contributed by atoms with E-state index in [0.29, 0.717) is 12.2 Å². The van der Waals surface area contributed by atoms with E-state index < -0.39 is 11.9 Å². The Morgan fingerprint density at radius 1 is 1.40 bits per heavy atom. The maximum Gasteiger partial charge on any atom is 0.308 e. The first-order valence-corrected chi connectivity index (χ1v) is 6.94. The van der Waals surface area contributed by atoms with Crippen LogP contribution in [0, 0.1) is 19.8 Å². The molecule has 3 heterocycles. The quantitative estimate of drug-likeness (QED) is 0.901. The van der Waals surface area contributed by atoms with Crippen molar-refractivity contribution in [2.24, 2.45) is 5.92 Å². The third-order valence-corrected chi connectivity index (χ3v) is 4.65. The number of aromatic nitrogens is 1. The fourth-order valence-electron chi connectivity index (χ4n) is 3.64. The van der Waals surface area contributed by atoms with Crippen molar-refractivity contribution in [3.05, 3.63) is 17.0 Å². The average molecular weight is 278 g/mol. The van der Waals surface area contributed by atoms with E-state index in [9.17, 15) is 14.7 Å². The molecule has 108 valence electrons. The lowest BCUT2D eigenvalue weighted by Gasteiger charge is -2.23. The van der Waals surface area contributed by atoms with Gasteiger partial charge in [-0.2, -0.15) is 0 Å². The summed E-state index contributed by atoms with van der Waals surface area (Å²) in [7, 11) is 0. The van der Waals surface area contributed by atoms with E-state index in [1.807, 2.05) is 6.92 Å². The Labute approximate surface area is 116 Å². The van der Waals surface area contributed by atoms with E-state index >= 15 is 0 Å². The van der Waals surface area contributed by atoms with Crippen molar-refractivity contribution >= 4 is 11.9 Å². The Kier molecular flexibility index (Phi) is 3.03. The number of hydrogen-bond acceptors (Lipinski definition) is 4. The molecule has 0 spiro atoms. The van der Waals surface area contributed by atoms with Gasteiger partial charge in [0.15, 0.2) is 0 Å². The van der Waals surface area contributed by atoms with Gasteiger partial charge in [-0.05, 0) is 33.1 Å². The number of aliphatic carboxylic acids is 1. The van der Waals surface area contributed by atoms with Crippen molar-refractivity contribution in [1.29, 1.82) is 0 Å². The molecule has 3 atom stereocenters. The number of carbonyl (C=O) groups is 2. The minimum atomic E-state index is -0.785. The summed E-state index contributed by atoms with van der Waals surface area (Å²) in [5, 5.41) is 13.1. The van der Waals surface area contributed by atoms with E-state index in [4.69, 9.17) is 4.52 Å². The normalized spacial score (nSPS) is 28.1.